The Morgan fingerprint density at radius 1 is 1.24 bits per heavy atom. The van der Waals surface area contributed by atoms with E-state index in [4.69, 9.17) is 0 Å². The summed E-state index contributed by atoms with van der Waals surface area (Å²) in [5.41, 5.74) is -0.796. The molecule has 1 aliphatic carbocycles. The summed E-state index contributed by atoms with van der Waals surface area (Å²) in [4.78, 5) is 28.3. The Morgan fingerprint density at radius 2 is 1.81 bits per heavy atom. The molecule has 2 rings (SSSR count). The van der Waals surface area contributed by atoms with Gasteiger partial charge in [-0.3, -0.25) is 9.59 Å². The van der Waals surface area contributed by atoms with Crippen LogP contribution in [-0.2, 0) is 9.59 Å². The first-order valence-corrected chi connectivity index (χ1v) is 8.20. The quantitative estimate of drug-likeness (QED) is 0.842. The predicted octanol–water partition coefficient (Wildman–Crippen LogP) is 1.96. The zero-order chi connectivity index (χ0) is 15.5. The van der Waals surface area contributed by atoms with Crippen molar-refractivity contribution in [3.8, 4) is 0 Å². The van der Waals surface area contributed by atoms with Crippen LogP contribution < -0.4 is 0 Å². The summed E-state index contributed by atoms with van der Waals surface area (Å²) in [5.74, 6) is -0.781. The molecule has 5 heteroatoms. The fraction of sp³-hybridized carbons (Fsp3) is 0.875. The first-order chi connectivity index (χ1) is 9.98. The molecular formula is C16H28N2O3. The minimum atomic E-state index is -0.796. The molecule has 21 heavy (non-hydrogen) atoms. The smallest absolute Gasteiger partial charge is 0.310 e. The lowest BCUT2D eigenvalue weighted by atomic mass is 9.82. The van der Waals surface area contributed by atoms with E-state index in [1.54, 1.807) is 0 Å². The number of likely N-dealkylation sites (tertiary alicyclic amines) is 1. The van der Waals surface area contributed by atoms with Gasteiger partial charge in [-0.1, -0.05) is 19.8 Å². The number of hydrogen-bond donors (Lipinski definition) is 1. The Bertz CT molecular complexity index is 383. The van der Waals surface area contributed by atoms with Crippen molar-refractivity contribution in [1.82, 2.24) is 9.80 Å². The van der Waals surface area contributed by atoms with Crippen molar-refractivity contribution in [3.63, 3.8) is 0 Å². The molecule has 2 aliphatic rings. The molecule has 1 saturated heterocycles. The van der Waals surface area contributed by atoms with Crippen molar-refractivity contribution in [2.75, 3.05) is 26.7 Å². The highest BCUT2D eigenvalue weighted by molar-refractivity contribution is 5.85. The average Bonchev–Trinajstić information content (AvgIpc) is 2.96. The highest BCUT2D eigenvalue weighted by atomic mass is 16.4. The molecule has 0 aromatic heterocycles. The SMILES string of the molecule is CCN1CCC(N(C)C(=O)CC2(C(=O)O)CCCC2)CC1. The third-order valence-electron chi connectivity index (χ3n) is 5.45. The second kappa shape index (κ2) is 6.77. The molecule has 1 saturated carbocycles. The summed E-state index contributed by atoms with van der Waals surface area (Å²) in [6.45, 7) is 5.28. The minimum absolute atomic E-state index is 0.00856. The van der Waals surface area contributed by atoms with Crippen LogP contribution >= 0.6 is 0 Å². The molecule has 0 atom stereocenters. The van der Waals surface area contributed by atoms with Crippen molar-refractivity contribution in [3.05, 3.63) is 0 Å². The topological polar surface area (TPSA) is 60.9 Å². The van der Waals surface area contributed by atoms with E-state index in [-0.39, 0.29) is 18.4 Å². The van der Waals surface area contributed by atoms with Crippen molar-refractivity contribution in [2.24, 2.45) is 5.41 Å². The van der Waals surface area contributed by atoms with E-state index in [2.05, 4.69) is 11.8 Å². The molecule has 1 aliphatic heterocycles. The van der Waals surface area contributed by atoms with Gasteiger partial charge in [0.05, 0.1) is 5.41 Å². The van der Waals surface area contributed by atoms with E-state index in [0.717, 1.165) is 45.3 Å². The molecule has 1 N–H and O–H groups in total. The number of rotatable bonds is 5. The number of aliphatic carboxylic acids is 1. The number of hydrogen-bond acceptors (Lipinski definition) is 3. The maximum absolute atomic E-state index is 12.5. The van der Waals surface area contributed by atoms with Crippen LogP contribution in [0.3, 0.4) is 0 Å². The van der Waals surface area contributed by atoms with Gasteiger partial charge >= 0.3 is 5.97 Å². The van der Waals surface area contributed by atoms with Crippen molar-refractivity contribution < 1.29 is 14.7 Å². The second-order valence-electron chi connectivity index (χ2n) is 6.64. The summed E-state index contributed by atoms with van der Waals surface area (Å²) in [6.07, 6.45) is 5.32. The van der Waals surface area contributed by atoms with Gasteiger partial charge in [0.15, 0.2) is 0 Å². The molecule has 5 nitrogen and oxygen atoms in total. The standard InChI is InChI=1S/C16H28N2O3/c1-3-18-10-6-13(7-11-18)17(2)14(19)12-16(15(20)21)8-4-5-9-16/h13H,3-12H2,1-2H3,(H,20,21). The van der Waals surface area contributed by atoms with E-state index in [1.807, 2.05) is 11.9 Å². The number of carbonyl (C=O) groups excluding carboxylic acids is 1. The van der Waals surface area contributed by atoms with Crippen LogP contribution in [0.15, 0.2) is 0 Å². The number of carbonyl (C=O) groups is 2. The zero-order valence-corrected chi connectivity index (χ0v) is 13.3. The third-order valence-corrected chi connectivity index (χ3v) is 5.45. The fourth-order valence-corrected chi connectivity index (χ4v) is 3.76. The van der Waals surface area contributed by atoms with Gasteiger partial charge in [0.2, 0.25) is 5.91 Å². The van der Waals surface area contributed by atoms with E-state index < -0.39 is 11.4 Å². The molecule has 0 aromatic rings. The van der Waals surface area contributed by atoms with Crippen LogP contribution in [0.25, 0.3) is 0 Å². The monoisotopic (exact) mass is 296 g/mol. The Balaban J connectivity index is 1.92. The van der Waals surface area contributed by atoms with Crippen LogP contribution in [0, 0.1) is 5.41 Å². The first kappa shape index (κ1) is 16.3. The van der Waals surface area contributed by atoms with Crippen LogP contribution in [0.1, 0.15) is 51.9 Å². The first-order valence-electron chi connectivity index (χ1n) is 8.20. The van der Waals surface area contributed by atoms with E-state index >= 15 is 0 Å². The Hall–Kier alpha value is -1.10. The maximum atomic E-state index is 12.5. The lowest BCUT2D eigenvalue weighted by Gasteiger charge is -2.37. The van der Waals surface area contributed by atoms with Gasteiger partial charge in [-0.2, -0.15) is 0 Å². The average molecular weight is 296 g/mol. The fourth-order valence-electron chi connectivity index (χ4n) is 3.76. The van der Waals surface area contributed by atoms with Gasteiger partial charge in [-0.15, -0.1) is 0 Å². The molecular weight excluding hydrogens is 268 g/mol. The highest BCUT2D eigenvalue weighted by Crippen LogP contribution is 2.42. The summed E-state index contributed by atoms with van der Waals surface area (Å²) < 4.78 is 0. The molecule has 120 valence electrons. The van der Waals surface area contributed by atoms with Crippen LogP contribution in [0.4, 0.5) is 0 Å². The summed E-state index contributed by atoms with van der Waals surface area (Å²) in [5, 5.41) is 9.49. The predicted molar refractivity (Wildman–Crippen MR) is 81.1 cm³/mol. The zero-order valence-electron chi connectivity index (χ0n) is 13.3. The normalized spacial score (nSPS) is 23.1. The number of carboxylic acid groups (broad SMARTS) is 1. The largest absolute Gasteiger partial charge is 0.481 e. The van der Waals surface area contributed by atoms with Crippen molar-refractivity contribution >= 4 is 11.9 Å². The number of piperidine rings is 1. The van der Waals surface area contributed by atoms with Crippen LogP contribution in [-0.4, -0.2) is 59.5 Å². The molecule has 0 unspecified atom stereocenters. The van der Waals surface area contributed by atoms with Gasteiger partial charge < -0.3 is 14.9 Å². The number of nitrogens with zero attached hydrogens (tertiary/aromatic N) is 2. The van der Waals surface area contributed by atoms with E-state index in [1.165, 1.54) is 0 Å². The summed E-state index contributed by atoms with van der Waals surface area (Å²) in [7, 11) is 1.85. The van der Waals surface area contributed by atoms with Crippen LogP contribution in [0.5, 0.6) is 0 Å². The molecule has 1 heterocycles. The van der Waals surface area contributed by atoms with Gasteiger partial charge in [-0.25, -0.2) is 0 Å². The minimum Gasteiger partial charge on any atom is -0.481 e. The number of amides is 1. The molecule has 0 aromatic carbocycles. The molecule has 2 fully saturated rings. The summed E-state index contributed by atoms with van der Waals surface area (Å²) >= 11 is 0. The maximum Gasteiger partial charge on any atom is 0.310 e. The van der Waals surface area contributed by atoms with Gasteiger partial charge in [-0.05, 0) is 32.2 Å². The molecule has 1 amide bonds. The lowest BCUT2D eigenvalue weighted by molar-refractivity contribution is -0.153. The Morgan fingerprint density at radius 3 is 2.29 bits per heavy atom. The second-order valence-corrected chi connectivity index (χ2v) is 6.64. The van der Waals surface area contributed by atoms with Crippen molar-refractivity contribution in [2.45, 2.75) is 57.9 Å². The number of carboxylic acids is 1. The van der Waals surface area contributed by atoms with Crippen molar-refractivity contribution in [1.29, 1.82) is 0 Å². The molecule has 0 spiro atoms. The molecule has 0 bridgehead atoms. The third kappa shape index (κ3) is 3.57. The van der Waals surface area contributed by atoms with Gasteiger partial charge in [0.1, 0.15) is 0 Å². The molecule has 0 radical (unpaired) electrons. The Kier molecular flexibility index (Phi) is 5.25. The Labute approximate surface area is 127 Å². The summed E-state index contributed by atoms with van der Waals surface area (Å²) in [6, 6.07) is 0.271. The lowest BCUT2D eigenvalue weighted by Crippen LogP contribution is -2.47. The van der Waals surface area contributed by atoms with Gasteiger partial charge in [0.25, 0.3) is 0 Å². The highest BCUT2D eigenvalue weighted by Gasteiger charge is 2.44. The van der Waals surface area contributed by atoms with E-state index in [9.17, 15) is 14.7 Å². The van der Waals surface area contributed by atoms with Gasteiger partial charge in [0, 0.05) is 32.6 Å². The van der Waals surface area contributed by atoms with Crippen LogP contribution in [0.2, 0.25) is 0 Å². The van der Waals surface area contributed by atoms with E-state index in [0.29, 0.717) is 12.8 Å².